The van der Waals surface area contributed by atoms with E-state index in [-0.39, 0.29) is 18.1 Å². The Bertz CT molecular complexity index is 388. The Morgan fingerprint density at radius 3 is 2.56 bits per heavy atom. The third-order valence-corrected chi connectivity index (χ3v) is 2.49. The van der Waals surface area contributed by atoms with Gasteiger partial charge in [-0.2, -0.15) is 0 Å². The molecule has 1 aromatic rings. The number of nitrogens with two attached hydrogens (primary N) is 1. The van der Waals surface area contributed by atoms with Crippen molar-refractivity contribution in [3.8, 4) is 5.75 Å². The zero-order valence-electron chi connectivity index (χ0n) is 9.47. The van der Waals surface area contributed by atoms with Crippen molar-refractivity contribution in [1.29, 1.82) is 0 Å². The van der Waals surface area contributed by atoms with E-state index in [0.29, 0.717) is 0 Å². The lowest BCUT2D eigenvalue weighted by atomic mass is 9.97. The van der Waals surface area contributed by atoms with Gasteiger partial charge >= 0.3 is 5.97 Å². The van der Waals surface area contributed by atoms with Gasteiger partial charge in [0.25, 0.3) is 0 Å². The zero-order valence-corrected chi connectivity index (χ0v) is 9.47. The lowest BCUT2D eigenvalue weighted by molar-refractivity contribution is -0.138. The van der Waals surface area contributed by atoms with E-state index >= 15 is 0 Å². The highest BCUT2D eigenvalue weighted by atomic mass is 16.4. The van der Waals surface area contributed by atoms with Crippen LogP contribution in [0.4, 0.5) is 0 Å². The minimum absolute atomic E-state index is 0.195. The molecule has 4 N–H and O–H groups in total. The summed E-state index contributed by atoms with van der Waals surface area (Å²) in [6, 6.07) is 4.19. The fraction of sp³-hybridized carbons (Fsp3) is 0.417. The Morgan fingerprint density at radius 2 is 2.06 bits per heavy atom. The first kappa shape index (κ1) is 12.5. The maximum atomic E-state index is 10.6. The number of carbonyl (C=O) groups is 1. The predicted octanol–water partition coefficient (Wildman–Crippen LogP) is 1.47. The van der Waals surface area contributed by atoms with Gasteiger partial charge in [-0.25, -0.2) is 0 Å². The summed E-state index contributed by atoms with van der Waals surface area (Å²) >= 11 is 0. The van der Waals surface area contributed by atoms with E-state index in [1.54, 1.807) is 12.1 Å². The van der Waals surface area contributed by atoms with Gasteiger partial charge in [0.05, 0.1) is 0 Å². The Labute approximate surface area is 94.7 Å². The molecule has 1 aromatic carbocycles. The van der Waals surface area contributed by atoms with Crippen molar-refractivity contribution in [2.24, 2.45) is 5.73 Å². The van der Waals surface area contributed by atoms with Crippen molar-refractivity contribution in [1.82, 2.24) is 0 Å². The number of carboxylic acid groups (broad SMARTS) is 1. The number of hydrogen-bond acceptors (Lipinski definition) is 3. The summed E-state index contributed by atoms with van der Waals surface area (Å²) in [6.45, 7) is 3.94. The highest BCUT2D eigenvalue weighted by Crippen LogP contribution is 2.26. The third-order valence-electron chi connectivity index (χ3n) is 2.49. The number of rotatable bonds is 4. The van der Waals surface area contributed by atoms with Gasteiger partial charge in [0.15, 0.2) is 0 Å². The van der Waals surface area contributed by atoms with Crippen molar-refractivity contribution in [3.63, 3.8) is 0 Å². The van der Waals surface area contributed by atoms with Crippen LogP contribution in [0.2, 0.25) is 0 Å². The normalized spacial score (nSPS) is 12.8. The molecule has 0 bridgehead atoms. The zero-order chi connectivity index (χ0) is 12.3. The summed E-state index contributed by atoms with van der Waals surface area (Å²) in [5.41, 5.74) is 7.10. The number of benzene rings is 1. The monoisotopic (exact) mass is 223 g/mol. The molecule has 88 valence electrons. The highest BCUT2D eigenvalue weighted by Gasteiger charge is 2.14. The molecule has 0 aromatic heterocycles. The Kier molecular flexibility index (Phi) is 3.90. The van der Waals surface area contributed by atoms with Crippen LogP contribution < -0.4 is 5.73 Å². The second kappa shape index (κ2) is 4.99. The molecule has 0 radical (unpaired) electrons. The van der Waals surface area contributed by atoms with Crippen molar-refractivity contribution in [2.45, 2.75) is 32.2 Å². The number of phenolic OH excluding ortho intramolecular Hbond substituents is 1. The number of aromatic hydroxyl groups is 1. The Hall–Kier alpha value is -1.55. The van der Waals surface area contributed by atoms with Crippen LogP contribution in [0.5, 0.6) is 5.75 Å². The van der Waals surface area contributed by atoms with E-state index < -0.39 is 12.0 Å². The summed E-state index contributed by atoms with van der Waals surface area (Å²) < 4.78 is 0. The number of phenols is 1. The van der Waals surface area contributed by atoms with Gasteiger partial charge in [0.2, 0.25) is 0 Å². The maximum absolute atomic E-state index is 10.6. The summed E-state index contributed by atoms with van der Waals surface area (Å²) in [4.78, 5) is 10.6. The van der Waals surface area contributed by atoms with Crippen LogP contribution >= 0.6 is 0 Å². The summed E-state index contributed by atoms with van der Waals surface area (Å²) in [7, 11) is 0. The van der Waals surface area contributed by atoms with Crippen LogP contribution in [0.3, 0.4) is 0 Å². The van der Waals surface area contributed by atoms with E-state index in [4.69, 9.17) is 10.8 Å². The average Bonchev–Trinajstić information content (AvgIpc) is 2.20. The van der Waals surface area contributed by atoms with Gasteiger partial charge in [-0.05, 0) is 29.5 Å². The van der Waals surface area contributed by atoms with Crippen molar-refractivity contribution >= 4 is 5.97 Å². The smallest absolute Gasteiger partial charge is 0.320 e. The quantitative estimate of drug-likeness (QED) is 0.721. The summed E-state index contributed by atoms with van der Waals surface area (Å²) in [6.07, 6.45) is 0.273. The topological polar surface area (TPSA) is 83.6 Å². The van der Waals surface area contributed by atoms with E-state index in [1.807, 2.05) is 19.9 Å². The lowest BCUT2D eigenvalue weighted by Gasteiger charge is -2.12. The van der Waals surface area contributed by atoms with Gasteiger partial charge in [-0.15, -0.1) is 0 Å². The van der Waals surface area contributed by atoms with Gasteiger partial charge in [0, 0.05) is 0 Å². The molecular weight excluding hydrogens is 206 g/mol. The van der Waals surface area contributed by atoms with Gasteiger partial charge in [-0.3, -0.25) is 4.79 Å². The van der Waals surface area contributed by atoms with Crippen molar-refractivity contribution in [2.75, 3.05) is 0 Å². The fourth-order valence-corrected chi connectivity index (χ4v) is 1.53. The lowest BCUT2D eigenvalue weighted by Crippen LogP contribution is -2.32. The van der Waals surface area contributed by atoms with Crippen LogP contribution in [-0.2, 0) is 11.2 Å². The molecule has 1 atom stereocenters. The Morgan fingerprint density at radius 1 is 1.44 bits per heavy atom. The standard InChI is InChI=1S/C12H17NO3/c1-7(2)9-5-8(3-4-11(9)14)6-10(13)12(15)16/h3-5,7,10,14H,6,13H2,1-2H3,(H,15,16). The van der Waals surface area contributed by atoms with E-state index in [1.165, 1.54) is 0 Å². The second-order valence-corrected chi connectivity index (χ2v) is 4.20. The van der Waals surface area contributed by atoms with Crippen LogP contribution in [0.15, 0.2) is 18.2 Å². The molecule has 0 saturated carbocycles. The van der Waals surface area contributed by atoms with Crippen LogP contribution in [0, 0.1) is 0 Å². The molecule has 0 amide bonds. The number of aliphatic carboxylic acids is 1. The first-order valence-electron chi connectivity index (χ1n) is 5.22. The minimum Gasteiger partial charge on any atom is -0.508 e. The predicted molar refractivity (Wildman–Crippen MR) is 61.5 cm³/mol. The molecule has 1 unspecified atom stereocenters. The highest BCUT2D eigenvalue weighted by molar-refractivity contribution is 5.73. The first-order chi connectivity index (χ1) is 7.41. The summed E-state index contributed by atoms with van der Waals surface area (Å²) in [5, 5.41) is 18.3. The fourth-order valence-electron chi connectivity index (χ4n) is 1.53. The molecule has 4 heteroatoms. The largest absolute Gasteiger partial charge is 0.508 e. The molecule has 4 nitrogen and oxygen atoms in total. The molecule has 0 aliphatic carbocycles. The van der Waals surface area contributed by atoms with Gasteiger partial charge < -0.3 is 15.9 Å². The molecule has 0 aliphatic rings. The van der Waals surface area contributed by atoms with E-state index in [9.17, 15) is 9.90 Å². The Balaban J connectivity index is 2.91. The molecule has 0 spiro atoms. The molecule has 0 saturated heterocycles. The molecule has 0 fully saturated rings. The summed E-state index contributed by atoms with van der Waals surface area (Å²) in [5.74, 6) is -0.581. The number of carboxylic acids is 1. The first-order valence-corrected chi connectivity index (χ1v) is 5.22. The van der Waals surface area contributed by atoms with Crippen molar-refractivity contribution in [3.05, 3.63) is 29.3 Å². The molecule has 0 heterocycles. The van der Waals surface area contributed by atoms with E-state index in [0.717, 1.165) is 11.1 Å². The van der Waals surface area contributed by atoms with Crippen LogP contribution in [0.1, 0.15) is 30.9 Å². The van der Waals surface area contributed by atoms with Crippen molar-refractivity contribution < 1.29 is 15.0 Å². The van der Waals surface area contributed by atoms with Crippen LogP contribution in [-0.4, -0.2) is 22.2 Å². The van der Waals surface area contributed by atoms with E-state index in [2.05, 4.69) is 0 Å². The number of hydrogen-bond donors (Lipinski definition) is 3. The maximum Gasteiger partial charge on any atom is 0.320 e. The SMILES string of the molecule is CC(C)c1cc(CC(N)C(=O)O)ccc1O. The van der Waals surface area contributed by atoms with Gasteiger partial charge in [0.1, 0.15) is 11.8 Å². The van der Waals surface area contributed by atoms with Crippen LogP contribution in [0.25, 0.3) is 0 Å². The molecular formula is C12H17NO3. The third kappa shape index (κ3) is 2.97. The minimum atomic E-state index is -1.01. The molecule has 0 aliphatic heterocycles. The molecule has 16 heavy (non-hydrogen) atoms. The second-order valence-electron chi connectivity index (χ2n) is 4.20. The average molecular weight is 223 g/mol. The van der Waals surface area contributed by atoms with Gasteiger partial charge in [-0.1, -0.05) is 26.0 Å². The molecule has 1 rings (SSSR count).